The number of carbonyl (C=O) groups excluding carboxylic acids is 1. The largest absolute Gasteiger partial charge is 0.490 e. The van der Waals surface area contributed by atoms with Gasteiger partial charge in [-0.2, -0.15) is 0 Å². The second-order valence-corrected chi connectivity index (χ2v) is 7.48. The zero-order valence-electron chi connectivity index (χ0n) is 18.7. The van der Waals surface area contributed by atoms with E-state index in [4.69, 9.17) is 14.2 Å². The molecule has 4 rings (SSSR count). The Hall–Kier alpha value is -4.32. The van der Waals surface area contributed by atoms with Crippen LogP contribution < -0.4 is 19.5 Å². The Bertz CT molecular complexity index is 1170. The van der Waals surface area contributed by atoms with Crippen LogP contribution in [0.1, 0.15) is 21.5 Å². The van der Waals surface area contributed by atoms with Crippen molar-refractivity contribution >= 4 is 5.91 Å². The molecule has 1 amide bonds. The Balaban J connectivity index is 1.25. The monoisotopic (exact) mass is 454 g/mol. The predicted octanol–water partition coefficient (Wildman–Crippen LogP) is 5.05. The van der Waals surface area contributed by atoms with Crippen molar-refractivity contribution in [1.29, 1.82) is 0 Å². The van der Waals surface area contributed by atoms with E-state index >= 15 is 0 Å². The Kier molecular flexibility index (Phi) is 8.11. The Labute approximate surface area is 199 Å². The van der Waals surface area contributed by atoms with Gasteiger partial charge in [0.2, 0.25) is 0 Å². The maximum absolute atomic E-state index is 12.8. The van der Waals surface area contributed by atoms with Crippen molar-refractivity contribution in [1.82, 2.24) is 10.3 Å². The summed E-state index contributed by atoms with van der Waals surface area (Å²) in [7, 11) is 0. The summed E-state index contributed by atoms with van der Waals surface area (Å²) in [5.41, 5.74) is 2.46. The van der Waals surface area contributed by atoms with Crippen LogP contribution in [0.15, 0.2) is 103 Å². The number of aromatic nitrogens is 1. The first-order valence-corrected chi connectivity index (χ1v) is 11.1. The molecule has 0 atom stereocenters. The molecule has 0 aliphatic heterocycles. The van der Waals surface area contributed by atoms with Gasteiger partial charge in [0, 0.05) is 24.5 Å². The molecule has 3 aromatic carbocycles. The number of hydrogen-bond acceptors (Lipinski definition) is 5. The number of hydrogen-bond donors (Lipinski definition) is 1. The van der Waals surface area contributed by atoms with E-state index in [0.29, 0.717) is 37.7 Å². The number of nitrogens with one attached hydrogen (secondary N) is 1. The standard InChI is InChI=1S/C28H26N2O4/c31-28(26-10-4-5-11-27(26)33-18-17-32-24-8-2-1-3-9-24)30-20-22-12-14-25(15-13-22)34-21-23-7-6-16-29-19-23/h1-16,19H,17-18,20-21H2,(H,30,31). The number of rotatable bonds is 11. The molecular weight excluding hydrogens is 428 g/mol. The molecular formula is C28H26N2O4. The molecule has 0 bridgehead atoms. The molecule has 0 spiro atoms. The molecule has 0 saturated heterocycles. The zero-order chi connectivity index (χ0) is 23.4. The van der Waals surface area contributed by atoms with Crippen LogP contribution in [0, 0.1) is 0 Å². The van der Waals surface area contributed by atoms with Gasteiger partial charge in [0.1, 0.15) is 37.1 Å². The first-order chi connectivity index (χ1) is 16.8. The van der Waals surface area contributed by atoms with Crippen LogP contribution in [0.4, 0.5) is 0 Å². The van der Waals surface area contributed by atoms with Crippen molar-refractivity contribution in [3.8, 4) is 17.2 Å². The van der Waals surface area contributed by atoms with E-state index < -0.39 is 0 Å². The van der Waals surface area contributed by atoms with Crippen molar-refractivity contribution in [2.24, 2.45) is 0 Å². The lowest BCUT2D eigenvalue weighted by molar-refractivity contribution is 0.0945. The van der Waals surface area contributed by atoms with Crippen LogP contribution in [0.25, 0.3) is 0 Å². The molecule has 0 aliphatic rings. The maximum Gasteiger partial charge on any atom is 0.255 e. The average molecular weight is 455 g/mol. The van der Waals surface area contributed by atoms with Gasteiger partial charge in [0.25, 0.3) is 5.91 Å². The Morgan fingerprint density at radius 1 is 0.706 bits per heavy atom. The van der Waals surface area contributed by atoms with Crippen molar-refractivity contribution in [3.63, 3.8) is 0 Å². The first-order valence-electron chi connectivity index (χ1n) is 11.1. The van der Waals surface area contributed by atoms with Crippen molar-refractivity contribution in [2.75, 3.05) is 13.2 Å². The average Bonchev–Trinajstić information content (AvgIpc) is 2.90. The lowest BCUT2D eigenvalue weighted by Crippen LogP contribution is -2.23. The summed E-state index contributed by atoms with van der Waals surface area (Å²) >= 11 is 0. The van der Waals surface area contributed by atoms with Gasteiger partial charge < -0.3 is 19.5 Å². The number of nitrogens with zero attached hydrogens (tertiary/aromatic N) is 1. The summed E-state index contributed by atoms with van der Waals surface area (Å²) in [5, 5.41) is 2.95. The van der Waals surface area contributed by atoms with Gasteiger partial charge in [0.15, 0.2) is 0 Å². The highest BCUT2D eigenvalue weighted by Crippen LogP contribution is 2.19. The topological polar surface area (TPSA) is 69.7 Å². The van der Waals surface area contributed by atoms with Gasteiger partial charge in [-0.05, 0) is 48.0 Å². The summed E-state index contributed by atoms with van der Waals surface area (Å²) in [4.78, 5) is 16.8. The Morgan fingerprint density at radius 2 is 1.44 bits per heavy atom. The van der Waals surface area contributed by atoms with E-state index in [1.807, 2.05) is 78.9 Å². The van der Waals surface area contributed by atoms with Crippen molar-refractivity contribution in [3.05, 3.63) is 120 Å². The summed E-state index contributed by atoms with van der Waals surface area (Å²) < 4.78 is 17.2. The second kappa shape index (κ2) is 12.1. The van der Waals surface area contributed by atoms with E-state index in [2.05, 4.69) is 10.3 Å². The van der Waals surface area contributed by atoms with E-state index in [-0.39, 0.29) is 5.91 Å². The normalized spacial score (nSPS) is 10.4. The summed E-state index contributed by atoms with van der Waals surface area (Å²) in [6.07, 6.45) is 3.51. The molecule has 34 heavy (non-hydrogen) atoms. The zero-order valence-corrected chi connectivity index (χ0v) is 18.7. The van der Waals surface area contributed by atoms with Gasteiger partial charge in [-0.1, -0.05) is 48.5 Å². The smallest absolute Gasteiger partial charge is 0.255 e. The second-order valence-electron chi connectivity index (χ2n) is 7.48. The molecule has 0 radical (unpaired) electrons. The number of benzene rings is 3. The summed E-state index contributed by atoms with van der Waals surface area (Å²) in [6.45, 7) is 1.57. The van der Waals surface area contributed by atoms with Crippen LogP contribution in [0.2, 0.25) is 0 Å². The van der Waals surface area contributed by atoms with Crippen LogP contribution in [-0.4, -0.2) is 24.1 Å². The fraction of sp³-hybridized carbons (Fsp3) is 0.143. The van der Waals surface area contributed by atoms with Gasteiger partial charge in [-0.25, -0.2) is 0 Å². The molecule has 6 heteroatoms. The fourth-order valence-electron chi connectivity index (χ4n) is 3.24. The molecule has 1 heterocycles. The molecule has 0 aliphatic carbocycles. The number of amides is 1. The maximum atomic E-state index is 12.8. The highest BCUT2D eigenvalue weighted by atomic mass is 16.5. The third-order valence-electron chi connectivity index (χ3n) is 4.99. The molecule has 0 saturated carbocycles. The van der Waals surface area contributed by atoms with E-state index in [9.17, 15) is 4.79 Å². The summed E-state index contributed by atoms with van der Waals surface area (Å²) in [5.74, 6) is 1.87. The summed E-state index contributed by atoms with van der Waals surface area (Å²) in [6, 6.07) is 28.2. The van der Waals surface area contributed by atoms with Gasteiger partial charge in [-0.3, -0.25) is 9.78 Å². The highest BCUT2D eigenvalue weighted by Gasteiger charge is 2.12. The fourth-order valence-corrected chi connectivity index (χ4v) is 3.24. The molecule has 1 aromatic heterocycles. The molecule has 172 valence electrons. The molecule has 0 unspecified atom stereocenters. The van der Waals surface area contributed by atoms with E-state index in [1.54, 1.807) is 24.5 Å². The highest BCUT2D eigenvalue weighted by molar-refractivity contribution is 5.96. The third-order valence-corrected chi connectivity index (χ3v) is 4.99. The molecule has 1 N–H and O–H groups in total. The number of ether oxygens (including phenoxy) is 3. The SMILES string of the molecule is O=C(NCc1ccc(OCc2cccnc2)cc1)c1ccccc1OCCOc1ccccc1. The van der Waals surface area contributed by atoms with E-state index in [0.717, 1.165) is 22.6 Å². The molecule has 6 nitrogen and oxygen atoms in total. The predicted molar refractivity (Wildman–Crippen MR) is 130 cm³/mol. The third kappa shape index (κ3) is 6.84. The van der Waals surface area contributed by atoms with Crippen LogP contribution in [-0.2, 0) is 13.2 Å². The Morgan fingerprint density at radius 3 is 2.24 bits per heavy atom. The van der Waals surface area contributed by atoms with Gasteiger partial charge in [0.05, 0.1) is 5.56 Å². The van der Waals surface area contributed by atoms with Crippen LogP contribution in [0.3, 0.4) is 0 Å². The minimum atomic E-state index is -0.198. The van der Waals surface area contributed by atoms with Crippen LogP contribution in [0.5, 0.6) is 17.2 Å². The number of para-hydroxylation sites is 2. The van der Waals surface area contributed by atoms with Gasteiger partial charge >= 0.3 is 0 Å². The van der Waals surface area contributed by atoms with Crippen molar-refractivity contribution < 1.29 is 19.0 Å². The van der Waals surface area contributed by atoms with Crippen molar-refractivity contribution in [2.45, 2.75) is 13.2 Å². The lowest BCUT2D eigenvalue weighted by Gasteiger charge is -2.13. The van der Waals surface area contributed by atoms with E-state index in [1.165, 1.54) is 0 Å². The first kappa shape index (κ1) is 22.9. The molecule has 0 fully saturated rings. The minimum absolute atomic E-state index is 0.198. The minimum Gasteiger partial charge on any atom is -0.490 e. The number of carbonyl (C=O) groups is 1. The quantitative estimate of drug-likeness (QED) is 0.321. The lowest BCUT2D eigenvalue weighted by atomic mass is 10.1. The molecule has 4 aromatic rings. The number of pyridine rings is 1. The van der Waals surface area contributed by atoms with Crippen LogP contribution >= 0.6 is 0 Å². The van der Waals surface area contributed by atoms with Gasteiger partial charge in [-0.15, -0.1) is 0 Å².